The Balaban J connectivity index is 2.41. The predicted molar refractivity (Wildman–Crippen MR) is 91.6 cm³/mol. The van der Waals surface area contributed by atoms with E-state index >= 15 is 0 Å². The van der Waals surface area contributed by atoms with E-state index in [0.717, 1.165) is 0 Å². The molecule has 5 nitrogen and oxygen atoms in total. The number of halogens is 1. The van der Waals surface area contributed by atoms with Gasteiger partial charge in [-0.2, -0.15) is 0 Å². The number of carbonyl (C=O) groups excluding carboxylic acids is 1. The van der Waals surface area contributed by atoms with Gasteiger partial charge in [-0.25, -0.2) is 9.18 Å². The van der Waals surface area contributed by atoms with Gasteiger partial charge >= 0.3 is 5.97 Å². The lowest BCUT2D eigenvalue weighted by Crippen LogP contribution is -2.31. The lowest BCUT2D eigenvalue weighted by atomic mass is 10.0. The van der Waals surface area contributed by atoms with Gasteiger partial charge in [0.2, 0.25) is 0 Å². The largest absolute Gasteiger partial charge is 0.496 e. The lowest BCUT2D eigenvalue weighted by molar-refractivity contribution is 0.0693. The van der Waals surface area contributed by atoms with Gasteiger partial charge in [0.1, 0.15) is 17.1 Å². The minimum Gasteiger partial charge on any atom is -0.496 e. The van der Waals surface area contributed by atoms with Crippen LogP contribution in [0.2, 0.25) is 0 Å². The summed E-state index contributed by atoms with van der Waals surface area (Å²) in [5.74, 6) is -1.78. The molecule has 1 N–H and O–H groups in total. The zero-order valence-electron chi connectivity index (χ0n) is 14.5. The number of aryl methyl sites for hydroxylation is 1. The number of carboxylic acid groups (broad SMARTS) is 1. The summed E-state index contributed by atoms with van der Waals surface area (Å²) in [5, 5.41) is 9.30. The third-order valence-corrected chi connectivity index (χ3v) is 4.26. The summed E-state index contributed by atoms with van der Waals surface area (Å²) >= 11 is 0. The van der Waals surface area contributed by atoms with E-state index < -0.39 is 23.7 Å². The van der Waals surface area contributed by atoms with Gasteiger partial charge < -0.3 is 14.7 Å². The SMILES string of the molecule is COc1cc(C)c(C(=O)N(C)C(C)c2ccccc2F)cc1C(=O)O. The monoisotopic (exact) mass is 345 g/mol. The van der Waals surface area contributed by atoms with Crippen molar-refractivity contribution in [2.75, 3.05) is 14.2 Å². The van der Waals surface area contributed by atoms with Crippen LogP contribution < -0.4 is 4.74 Å². The highest BCUT2D eigenvalue weighted by Crippen LogP contribution is 2.27. The van der Waals surface area contributed by atoms with E-state index in [1.54, 1.807) is 39.1 Å². The van der Waals surface area contributed by atoms with Crippen LogP contribution >= 0.6 is 0 Å². The summed E-state index contributed by atoms with van der Waals surface area (Å²) in [6, 6.07) is 8.54. The van der Waals surface area contributed by atoms with Gasteiger partial charge in [-0.15, -0.1) is 0 Å². The molecule has 0 saturated carbocycles. The Kier molecular flexibility index (Phi) is 5.41. The fourth-order valence-corrected chi connectivity index (χ4v) is 2.64. The number of amides is 1. The fourth-order valence-electron chi connectivity index (χ4n) is 2.64. The Hall–Kier alpha value is -2.89. The first-order chi connectivity index (χ1) is 11.8. The summed E-state index contributed by atoms with van der Waals surface area (Å²) in [6.45, 7) is 3.41. The van der Waals surface area contributed by atoms with E-state index in [2.05, 4.69) is 0 Å². The zero-order valence-corrected chi connectivity index (χ0v) is 14.5. The van der Waals surface area contributed by atoms with Crippen LogP contribution in [0.3, 0.4) is 0 Å². The van der Waals surface area contributed by atoms with Crippen LogP contribution in [0.15, 0.2) is 36.4 Å². The molecule has 0 aliphatic heterocycles. The quantitative estimate of drug-likeness (QED) is 0.898. The minimum atomic E-state index is -1.18. The van der Waals surface area contributed by atoms with E-state index in [0.29, 0.717) is 11.1 Å². The van der Waals surface area contributed by atoms with Crippen LogP contribution in [0.25, 0.3) is 0 Å². The van der Waals surface area contributed by atoms with Gasteiger partial charge in [-0.05, 0) is 37.6 Å². The standard InChI is InChI=1S/C19H20FNO4/c1-11-9-17(25-4)15(19(23)24)10-14(11)18(22)21(3)12(2)13-7-5-6-8-16(13)20/h5-10,12H,1-4H3,(H,23,24). The molecule has 0 saturated heterocycles. The van der Waals surface area contributed by atoms with Crippen LogP contribution in [-0.4, -0.2) is 36.0 Å². The number of rotatable bonds is 5. The first-order valence-electron chi connectivity index (χ1n) is 7.71. The molecule has 0 heterocycles. The van der Waals surface area contributed by atoms with Crippen molar-refractivity contribution in [3.8, 4) is 5.75 Å². The van der Waals surface area contributed by atoms with Crippen molar-refractivity contribution in [2.24, 2.45) is 0 Å². The lowest BCUT2D eigenvalue weighted by Gasteiger charge is -2.26. The number of aromatic carboxylic acids is 1. The van der Waals surface area contributed by atoms with Crippen molar-refractivity contribution >= 4 is 11.9 Å². The molecule has 0 aliphatic carbocycles. The first kappa shape index (κ1) is 18.4. The number of hydrogen-bond donors (Lipinski definition) is 1. The molecule has 25 heavy (non-hydrogen) atoms. The Morgan fingerprint density at radius 1 is 1.20 bits per heavy atom. The molecule has 2 aromatic carbocycles. The van der Waals surface area contributed by atoms with Gasteiger partial charge in [0.05, 0.1) is 13.2 Å². The van der Waals surface area contributed by atoms with Crippen LogP contribution in [0, 0.1) is 12.7 Å². The van der Waals surface area contributed by atoms with Crippen LogP contribution in [0.1, 0.15) is 44.8 Å². The number of nitrogens with zero attached hydrogens (tertiary/aromatic N) is 1. The van der Waals surface area contributed by atoms with Crippen LogP contribution in [0.4, 0.5) is 4.39 Å². The molecule has 1 atom stereocenters. The summed E-state index contributed by atoms with van der Waals surface area (Å²) < 4.78 is 19.0. The van der Waals surface area contributed by atoms with Gasteiger partial charge in [0, 0.05) is 18.2 Å². The van der Waals surface area contributed by atoms with Gasteiger partial charge in [0.25, 0.3) is 5.91 Å². The third-order valence-electron chi connectivity index (χ3n) is 4.26. The van der Waals surface area contributed by atoms with E-state index in [-0.39, 0.29) is 16.9 Å². The number of methoxy groups -OCH3 is 1. The van der Waals surface area contributed by atoms with E-state index in [9.17, 15) is 19.1 Å². The van der Waals surface area contributed by atoms with Crippen molar-refractivity contribution < 1.29 is 23.8 Å². The van der Waals surface area contributed by atoms with Crippen molar-refractivity contribution in [1.82, 2.24) is 4.90 Å². The molecule has 0 spiro atoms. The number of benzene rings is 2. The summed E-state index contributed by atoms with van der Waals surface area (Å²) in [7, 11) is 2.93. The topological polar surface area (TPSA) is 66.8 Å². The maximum absolute atomic E-state index is 14.0. The number of hydrogen-bond acceptors (Lipinski definition) is 3. The van der Waals surface area contributed by atoms with E-state index in [1.807, 2.05) is 0 Å². The minimum absolute atomic E-state index is 0.0941. The Labute approximate surface area is 145 Å². The molecule has 132 valence electrons. The molecular formula is C19H20FNO4. The maximum Gasteiger partial charge on any atom is 0.339 e. The molecule has 2 aromatic rings. The average Bonchev–Trinajstić information content (AvgIpc) is 2.59. The maximum atomic E-state index is 14.0. The number of carbonyl (C=O) groups is 2. The van der Waals surface area contributed by atoms with Gasteiger partial charge in [-0.1, -0.05) is 18.2 Å². The summed E-state index contributed by atoms with van der Waals surface area (Å²) in [6.07, 6.45) is 0. The number of carboxylic acids is 1. The van der Waals surface area contributed by atoms with Crippen LogP contribution in [0.5, 0.6) is 5.75 Å². The van der Waals surface area contributed by atoms with Crippen LogP contribution in [-0.2, 0) is 0 Å². The second kappa shape index (κ2) is 7.34. The van der Waals surface area contributed by atoms with Crippen molar-refractivity contribution in [2.45, 2.75) is 19.9 Å². The predicted octanol–water partition coefficient (Wildman–Crippen LogP) is 3.67. The van der Waals surface area contributed by atoms with E-state index in [1.165, 1.54) is 30.2 Å². The molecule has 0 aliphatic rings. The molecular weight excluding hydrogens is 325 g/mol. The van der Waals surface area contributed by atoms with E-state index in [4.69, 9.17) is 4.74 Å². The second-order valence-corrected chi connectivity index (χ2v) is 5.79. The Bertz CT molecular complexity index is 819. The molecule has 1 unspecified atom stereocenters. The smallest absolute Gasteiger partial charge is 0.339 e. The van der Waals surface area contributed by atoms with Gasteiger partial charge in [0.15, 0.2) is 0 Å². The van der Waals surface area contributed by atoms with Crippen molar-refractivity contribution in [3.05, 3.63) is 64.5 Å². The molecule has 0 fully saturated rings. The van der Waals surface area contributed by atoms with Crippen molar-refractivity contribution in [3.63, 3.8) is 0 Å². The molecule has 6 heteroatoms. The normalized spacial score (nSPS) is 11.7. The summed E-state index contributed by atoms with van der Waals surface area (Å²) in [4.78, 5) is 25.6. The summed E-state index contributed by atoms with van der Waals surface area (Å²) in [5.41, 5.74) is 1.12. The first-order valence-corrected chi connectivity index (χ1v) is 7.71. The highest BCUT2D eigenvalue weighted by atomic mass is 19.1. The number of ether oxygens (including phenoxy) is 1. The highest BCUT2D eigenvalue weighted by molar-refractivity contribution is 6.00. The molecule has 1 amide bonds. The molecule has 2 rings (SSSR count). The molecule has 0 bridgehead atoms. The van der Waals surface area contributed by atoms with Gasteiger partial charge in [-0.3, -0.25) is 4.79 Å². The Morgan fingerprint density at radius 2 is 1.84 bits per heavy atom. The average molecular weight is 345 g/mol. The van der Waals surface area contributed by atoms with Crippen molar-refractivity contribution in [1.29, 1.82) is 0 Å². The highest BCUT2D eigenvalue weighted by Gasteiger charge is 2.24. The zero-order chi connectivity index (χ0) is 18.7. The molecule has 0 radical (unpaired) electrons. The second-order valence-electron chi connectivity index (χ2n) is 5.79. The fraction of sp³-hybridized carbons (Fsp3) is 0.263. The molecule has 0 aromatic heterocycles. The Morgan fingerprint density at radius 3 is 2.40 bits per heavy atom. The third kappa shape index (κ3) is 3.63.